The number of thiophene rings is 1. The lowest BCUT2D eigenvalue weighted by atomic mass is 10.2. The molecule has 1 heterocycles. The van der Waals surface area contributed by atoms with Gasteiger partial charge >= 0.3 is 0 Å². The smallest absolute Gasteiger partial charge is 0.161 e. The molecule has 19 heavy (non-hydrogen) atoms. The van der Waals surface area contributed by atoms with Gasteiger partial charge in [0.15, 0.2) is 11.5 Å². The van der Waals surface area contributed by atoms with E-state index in [1.54, 1.807) is 18.4 Å². The summed E-state index contributed by atoms with van der Waals surface area (Å²) in [5, 5.41) is 5.35. The molecule has 0 saturated heterocycles. The monoisotopic (exact) mass is 277 g/mol. The molecule has 0 radical (unpaired) electrons. The van der Waals surface area contributed by atoms with Gasteiger partial charge in [0.2, 0.25) is 0 Å². The Morgan fingerprint density at radius 2 is 2.11 bits per heavy atom. The van der Waals surface area contributed by atoms with Crippen LogP contribution < -0.4 is 14.8 Å². The fourth-order valence-corrected chi connectivity index (χ4v) is 2.37. The first kappa shape index (κ1) is 13.9. The minimum Gasteiger partial charge on any atom is -0.493 e. The van der Waals surface area contributed by atoms with Crippen molar-refractivity contribution in [2.75, 3.05) is 13.7 Å². The fourth-order valence-electron chi connectivity index (χ4n) is 1.75. The van der Waals surface area contributed by atoms with E-state index in [0.29, 0.717) is 6.61 Å². The van der Waals surface area contributed by atoms with E-state index in [2.05, 4.69) is 29.8 Å². The van der Waals surface area contributed by atoms with Crippen LogP contribution in [0, 0.1) is 0 Å². The lowest BCUT2D eigenvalue weighted by Gasteiger charge is -2.12. The molecule has 0 aliphatic carbocycles. The van der Waals surface area contributed by atoms with Crippen LogP contribution in [0.2, 0.25) is 0 Å². The highest BCUT2D eigenvalue weighted by Gasteiger charge is 2.06. The summed E-state index contributed by atoms with van der Waals surface area (Å²) in [6.07, 6.45) is 0. The average Bonchev–Trinajstić information content (AvgIpc) is 2.96. The number of hydrogen-bond donors (Lipinski definition) is 1. The third-order valence-electron chi connectivity index (χ3n) is 2.76. The Kier molecular flexibility index (Phi) is 5.24. The Labute approximate surface area is 118 Å². The van der Waals surface area contributed by atoms with Gasteiger partial charge in [0.1, 0.15) is 6.61 Å². The van der Waals surface area contributed by atoms with Crippen molar-refractivity contribution in [2.24, 2.45) is 0 Å². The molecule has 1 aromatic heterocycles. The van der Waals surface area contributed by atoms with Crippen molar-refractivity contribution in [3.8, 4) is 11.5 Å². The molecular formula is C15H19NO2S. The summed E-state index contributed by atoms with van der Waals surface area (Å²) in [6, 6.07) is 10.2. The molecule has 0 aliphatic heterocycles. The van der Waals surface area contributed by atoms with Crippen LogP contribution in [0.4, 0.5) is 0 Å². The van der Waals surface area contributed by atoms with Crippen LogP contribution >= 0.6 is 11.3 Å². The summed E-state index contributed by atoms with van der Waals surface area (Å²) in [4.78, 5) is 1.21. The van der Waals surface area contributed by atoms with Gasteiger partial charge in [0, 0.05) is 11.4 Å². The van der Waals surface area contributed by atoms with Gasteiger partial charge in [-0.1, -0.05) is 19.1 Å². The summed E-state index contributed by atoms with van der Waals surface area (Å²) in [5.41, 5.74) is 1.20. The van der Waals surface area contributed by atoms with E-state index in [1.165, 1.54) is 10.4 Å². The third-order valence-corrected chi connectivity index (χ3v) is 3.61. The molecule has 0 amide bonds. The lowest BCUT2D eigenvalue weighted by molar-refractivity contribution is 0.287. The molecular weight excluding hydrogens is 258 g/mol. The van der Waals surface area contributed by atoms with Gasteiger partial charge in [0.05, 0.1) is 7.11 Å². The Morgan fingerprint density at radius 3 is 2.79 bits per heavy atom. The summed E-state index contributed by atoms with van der Waals surface area (Å²) in [6.45, 7) is 4.48. The van der Waals surface area contributed by atoms with Crippen molar-refractivity contribution in [3.63, 3.8) is 0 Å². The van der Waals surface area contributed by atoms with E-state index in [1.807, 2.05) is 18.2 Å². The SMILES string of the molecule is CCNCc1ccc(OCc2cccs2)c(OC)c1. The summed E-state index contributed by atoms with van der Waals surface area (Å²) in [5.74, 6) is 1.57. The second-order valence-corrected chi connectivity index (χ2v) is 5.17. The molecule has 1 N–H and O–H groups in total. The third kappa shape index (κ3) is 3.98. The van der Waals surface area contributed by atoms with Crippen LogP contribution in [-0.2, 0) is 13.2 Å². The minimum atomic E-state index is 0.584. The van der Waals surface area contributed by atoms with Gasteiger partial charge in [-0.15, -0.1) is 11.3 Å². The maximum atomic E-state index is 5.80. The van der Waals surface area contributed by atoms with E-state index in [9.17, 15) is 0 Å². The molecule has 0 unspecified atom stereocenters. The highest BCUT2D eigenvalue weighted by Crippen LogP contribution is 2.29. The van der Waals surface area contributed by atoms with E-state index in [4.69, 9.17) is 9.47 Å². The number of methoxy groups -OCH3 is 1. The fraction of sp³-hybridized carbons (Fsp3) is 0.333. The minimum absolute atomic E-state index is 0.584. The Balaban J connectivity index is 2.03. The Bertz CT molecular complexity index is 497. The van der Waals surface area contributed by atoms with E-state index in [-0.39, 0.29) is 0 Å². The molecule has 0 atom stereocenters. The lowest BCUT2D eigenvalue weighted by Crippen LogP contribution is -2.11. The van der Waals surface area contributed by atoms with Crippen molar-refractivity contribution in [3.05, 3.63) is 46.2 Å². The second-order valence-electron chi connectivity index (χ2n) is 4.13. The zero-order valence-corrected chi connectivity index (χ0v) is 12.1. The van der Waals surface area contributed by atoms with Crippen molar-refractivity contribution in [2.45, 2.75) is 20.1 Å². The molecule has 0 saturated carbocycles. The molecule has 2 aromatic rings. The Morgan fingerprint density at radius 1 is 1.21 bits per heavy atom. The Hall–Kier alpha value is -1.52. The summed E-state index contributed by atoms with van der Waals surface area (Å²) in [7, 11) is 1.67. The van der Waals surface area contributed by atoms with Crippen LogP contribution in [0.5, 0.6) is 11.5 Å². The van der Waals surface area contributed by atoms with Crippen molar-refractivity contribution in [1.29, 1.82) is 0 Å². The van der Waals surface area contributed by atoms with Crippen LogP contribution in [0.1, 0.15) is 17.4 Å². The predicted molar refractivity (Wildman–Crippen MR) is 79.0 cm³/mol. The maximum Gasteiger partial charge on any atom is 0.161 e. The van der Waals surface area contributed by atoms with E-state index >= 15 is 0 Å². The first-order valence-corrected chi connectivity index (χ1v) is 7.24. The van der Waals surface area contributed by atoms with Crippen LogP contribution in [0.15, 0.2) is 35.7 Å². The number of benzene rings is 1. The highest BCUT2D eigenvalue weighted by atomic mass is 32.1. The zero-order valence-electron chi connectivity index (χ0n) is 11.3. The predicted octanol–water partition coefficient (Wildman–Crippen LogP) is 3.45. The summed E-state index contributed by atoms with van der Waals surface area (Å²) < 4.78 is 11.2. The largest absolute Gasteiger partial charge is 0.493 e. The number of hydrogen-bond acceptors (Lipinski definition) is 4. The van der Waals surface area contributed by atoms with Crippen LogP contribution in [0.3, 0.4) is 0 Å². The second kappa shape index (κ2) is 7.16. The molecule has 3 nitrogen and oxygen atoms in total. The molecule has 0 aliphatic rings. The zero-order chi connectivity index (χ0) is 13.5. The van der Waals surface area contributed by atoms with Crippen LogP contribution in [-0.4, -0.2) is 13.7 Å². The maximum absolute atomic E-state index is 5.80. The van der Waals surface area contributed by atoms with Gasteiger partial charge in [0.25, 0.3) is 0 Å². The van der Waals surface area contributed by atoms with E-state index in [0.717, 1.165) is 24.6 Å². The number of rotatable bonds is 7. The first-order chi connectivity index (χ1) is 9.33. The van der Waals surface area contributed by atoms with Gasteiger partial charge < -0.3 is 14.8 Å². The first-order valence-electron chi connectivity index (χ1n) is 6.36. The topological polar surface area (TPSA) is 30.5 Å². The number of nitrogens with one attached hydrogen (secondary N) is 1. The average molecular weight is 277 g/mol. The van der Waals surface area contributed by atoms with E-state index < -0.39 is 0 Å². The van der Waals surface area contributed by atoms with Gasteiger partial charge in [-0.25, -0.2) is 0 Å². The normalized spacial score (nSPS) is 10.4. The summed E-state index contributed by atoms with van der Waals surface area (Å²) >= 11 is 1.69. The van der Waals surface area contributed by atoms with Crippen molar-refractivity contribution >= 4 is 11.3 Å². The molecule has 0 bridgehead atoms. The molecule has 2 rings (SSSR count). The van der Waals surface area contributed by atoms with Crippen molar-refractivity contribution in [1.82, 2.24) is 5.32 Å². The quantitative estimate of drug-likeness (QED) is 0.841. The number of ether oxygens (including phenoxy) is 2. The standard InChI is InChI=1S/C15H19NO2S/c1-3-16-10-12-6-7-14(15(9-12)17-2)18-11-13-5-4-8-19-13/h4-9,16H,3,10-11H2,1-2H3. The molecule has 102 valence electrons. The van der Waals surface area contributed by atoms with Crippen molar-refractivity contribution < 1.29 is 9.47 Å². The molecule has 0 fully saturated rings. The molecule has 1 aromatic carbocycles. The molecule has 0 spiro atoms. The van der Waals surface area contributed by atoms with Crippen LogP contribution in [0.25, 0.3) is 0 Å². The van der Waals surface area contributed by atoms with Gasteiger partial charge in [-0.3, -0.25) is 0 Å². The van der Waals surface area contributed by atoms with Gasteiger partial charge in [-0.2, -0.15) is 0 Å². The van der Waals surface area contributed by atoms with Gasteiger partial charge in [-0.05, 0) is 35.7 Å². The molecule has 4 heteroatoms. The highest BCUT2D eigenvalue weighted by molar-refractivity contribution is 7.09.